The van der Waals surface area contributed by atoms with Gasteiger partial charge in [-0.1, -0.05) is 30.3 Å². The lowest BCUT2D eigenvalue weighted by Gasteiger charge is -2.14. The number of nitrogens with zero attached hydrogens (tertiary/aromatic N) is 2. The summed E-state index contributed by atoms with van der Waals surface area (Å²) >= 11 is 0. The van der Waals surface area contributed by atoms with E-state index in [9.17, 15) is 0 Å². The highest BCUT2D eigenvalue weighted by molar-refractivity contribution is 5.16. The number of nitrogens with one attached hydrogen (secondary N) is 1. The van der Waals surface area contributed by atoms with Gasteiger partial charge >= 0.3 is 0 Å². The van der Waals surface area contributed by atoms with Crippen LogP contribution in [0, 0.1) is 0 Å². The van der Waals surface area contributed by atoms with Gasteiger partial charge in [-0.15, -0.1) is 0 Å². The Morgan fingerprint density at radius 1 is 1.29 bits per heavy atom. The fourth-order valence-electron chi connectivity index (χ4n) is 2.05. The van der Waals surface area contributed by atoms with Gasteiger partial charge in [0.2, 0.25) is 0 Å². The van der Waals surface area contributed by atoms with E-state index in [1.54, 1.807) is 0 Å². The third kappa shape index (κ3) is 3.17. The molecule has 3 heteroatoms. The van der Waals surface area contributed by atoms with E-state index in [0.717, 1.165) is 12.8 Å². The molecule has 0 aliphatic rings. The van der Waals surface area contributed by atoms with Crippen LogP contribution in [0.2, 0.25) is 0 Å². The molecule has 2 rings (SSSR count). The van der Waals surface area contributed by atoms with Crippen molar-refractivity contribution in [2.24, 2.45) is 7.05 Å². The molecule has 0 saturated heterocycles. The molecule has 1 aromatic heterocycles. The van der Waals surface area contributed by atoms with Crippen LogP contribution >= 0.6 is 0 Å². The molecule has 0 bridgehead atoms. The summed E-state index contributed by atoms with van der Waals surface area (Å²) in [5.74, 6) is 0. The molecule has 0 spiro atoms. The largest absolute Gasteiger partial charge is 0.313 e. The summed E-state index contributed by atoms with van der Waals surface area (Å²) in [5, 5.41) is 7.57. The zero-order chi connectivity index (χ0) is 12.1. The van der Waals surface area contributed by atoms with Gasteiger partial charge in [-0.3, -0.25) is 4.68 Å². The van der Waals surface area contributed by atoms with Crippen molar-refractivity contribution in [1.29, 1.82) is 0 Å². The van der Waals surface area contributed by atoms with E-state index in [2.05, 4.69) is 46.9 Å². The second-order valence-electron chi connectivity index (χ2n) is 4.31. The minimum atomic E-state index is 0.379. The smallest absolute Gasteiger partial charge is 0.0537 e. The van der Waals surface area contributed by atoms with Crippen LogP contribution in [0.15, 0.2) is 42.7 Å². The Balaban J connectivity index is 1.97. The molecular formula is C14H19N3. The van der Waals surface area contributed by atoms with Crippen molar-refractivity contribution >= 4 is 0 Å². The quantitative estimate of drug-likeness (QED) is 0.852. The van der Waals surface area contributed by atoms with Crippen molar-refractivity contribution in [2.75, 3.05) is 7.05 Å². The summed E-state index contributed by atoms with van der Waals surface area (Å²) in [7, 11) is 3.95. The molecule has 1 N–H and O–H groups in total. The third-order valence-corrected chi connectivity index (χ3v) is 3.04. The predicted molar refractivity (Wildman–Crippen MR) is 69.8 cm³/mol. The SMILES string of the molecule is CNC(CCc1ccccc1)c1cnn(C)c1. The van der Waals surface area contributed by atoms with Gasteiger partial charge in [0.15, 0.2) is 0 Å². The Hall–Kier alpha value is -1.61. The van der Waals surface area contributed by atoms with E-state index >= 15 is 0 Å². The molecule has 0 amide bonds. The minimum absolute atomic E-state index is 0.379. The number of benzene rings is 1. The van der Waals surface area contributed by atoms with Crippen molar-refractivity contribution in [3.63, 3.8) is 0 Å². The minimum Gasteiger partial charge on any atom is -0.313 e. The lowest BCUT2D eigenvalue weighted by molar-refractivity contribution is 0.549. The van der Waals surface area contributed by atoms with Gasteiger partial charge in [-0.05, 0) is 25.5 Å². The molecule has 3 nitrogen and oxygen atoms in total. The summed E-state index contributed by atoms with van der Waals surface area (Å²) in [6.45, 7) is 0. The lowest BCUT2D eigenvalue weighted by Crippen LogP contribution is -2.16. The van der Waals surface area contributed by atoms with Crippen LogP contribution in [0.1, 0.15) is 23.6 Å². The maximum Gasteiger partial charge on any atom is 0.0537 e. The second kappa shape index (κ2) is 5.64. The first-order chi connectivity index (χ1) is 8.29. The Morgan fingerprint density at radius 2 is 2.06 bits per heavy atom. The maximum absolute atomic E-state index is 4.22. The van der Waals surface area contributed by atoms with E-state index in [0.29, 0.717) is 6.04 Å². The molecule has 1 unspecified atom stereocenters. The Morgan fingerprint density at radius 3 is 2.65 bits per heavy atom. The number of hydrogen-bond donors (Lipinski definition) is 1. The number of hydrogen-bond acceptors (Lipinski definition) is 2. The molecule has 1 heterocycles. The van der Waals surface area contributed by atoms with Gasteiger partial charge in [0, 0.05) is 24.8 Å². The first-order valence-corrected chi connectivity index (χ1v) is 5.99. The molecule has 2 aromatic rings. The summed E-state index contributed by atoms with van der Waals surface area (Å²) in [6, 6.07) is 11.0. The Bertz CT molecular complexity index is 448. The van der Waals surface area contributed by atoms with Gasteiger partial charge in [0.05, 0.1) is 6.20 Å². The zero-order valence-corrected chi connectivity index (χ0v) is 10.4. The molecule has 1 aromatic carbocycles. The highest BCUT2D eigenvalue weighted by Gasteiger charge is 2.10. The summed E-state index contributed by atoms with van der Waals surface area (Å²) < 4.78 is 1.85. The molecule has 1 atom stereocenters. The number of aromatic nitrogens is 2. The molecule has 17 heavy (non-hydrogen) atoms. The van der Waals surface area contributed by atoms with Crippen LogP contribution < -0.4 is 5.32 Å². The molecular weight excluding hydrogens is 210 g/mol. The number of aryl methyl sites for hydroxylation is 2. The second-order valence-corrected chi connectivity index (χ2v) is 4.31. The fourth-order valence-corrected chi connectivity index (χ4v) is 2.05. The van der Waals surface area contributed by atoms with Crippen LogP contribution in [-0.2, 0) is 13.5 Å². The van der Waals surface area contributed by atoms with E-state index in [-0.39, 0.29) is 0 Å². The fraction of sp³-hybridized carbons (Fsp3) is 0.357. The van der Waals surface area contributed by atoms with Crippen LogP contribution in [0.25, 0.3) is 0 Å². The van der Waals surface area contributed by atoms with E-state index in [1.807, 2.05) is 25.0 Å². The van der Waals surface area contributed by atoms with Crippen molar-refractivity contribution in [1.82, 2.24) is 15.1 Å². The lowest BCUT2D eigenvalue weighted by atomic mass is 10.0. The standard InChI is InChI=1S/C14H19N3/c1-15-14(13-10-16-17(2)11-13)9-8-12-6-4-3-5-7-12/h3-7,10-11,14-15H,8-9H2,1-2H3. The van der Waals surface area contributed by atoms with Crippen molar-refractivity contribution in [3.8, 4) is 0 Å². The first-order valence-electron chi connectivity index (χ1n) is 5.99. The molecule has 0 aliphatic heterocycles. The summed E-state index contributed by atoms with van der Waals surface area (Å²) in [4.78, 5) is 0. The average molecular weight is 229 g/mol. The van der Waals surface area contributed by atoms with Crippen LogP contribution in [0.3, 0.4) is 0 Å². The summed E-state index contributed by atoms with van der Waals surface area (Å²) in [6.07, 6.45) is 6.19. The normalized spacial score (nSPS) is 12.6. The van der Waals surface area contributed by atoms with Gasteiger partial charge in [0.25, 0.3) is 0 Å². The highest BCUT2D eigenvalue weighted by Crippen LogP contribution is 2.17. The summed E-state index contributed by atoms with van der Waals surface area (Å²) in [5.41, 5.74) is 2.64. The molecule has 0 radical (unpaired) electrons. The van der Waals surface area contributed by atoms with Crippen molar-refractivity contribution < 1.29 is 0 Å². The van der Waals surface area contributed by atoms with Crippen LogP contribution in [0.4, 0.5) is 0 Å². The van der Waals surface area contributed by atoms with Gasteiger partial charge in [-0.25, -0.2) is 0 Å². The van der Waals surface area contributed by atoms with E-state index in [1.165, 1.54) is 11.1 Å². The van der Waals surface area contributed by atoms with Crippen molar-refractivity contribution in [3.05, 3.63) is 53.9 Å². The monoisotopic (exact) mass is 229 g/mol. The maximum atomic E-state index is 4.22. The van der Waals surface area contributed by atoms with E-state index in [4.69, 9.17) is 0 Å². The molecule has 0 aliphatic carbocycles. The van der Waals surface area contributed by atoms with Gasteiger partial charge in [0.1, 0.15) is 0 Å². The third-order valence-electron chi connectivity index (χ3n) is 3.04. The molecule has 0 saturated carbocycles. The Kier molecular flexibility index (Phi) is 3.94. The average Bonchev–Trinajstić information content (AvgIpc) is 2.78. The number of rotatable bonds is 5. The highest BCUT2D eigenvalue weighted by atomic mass is 15.2. The van der Waals surface area contributed by atoms with Gasteiger partial charge < -0.3 is 5.32 Å². The predicted octanol–water partition coefficient (Wildman–Crippen LogP) is 2.31. The Labute approximate surface area is 102 Å². The molecule has 0 fully saturated rings. The van der Waals surface area contributed by atoms with Crippen LogP contribution in [-0.4, -0.2) is 16.8 Å². The topological polar surface area (TPSA) is 29.9 Å². The van der Waals surface area contributed by atoms with Crippen LogP contribution in [0.5, 0.6) is 0 Å². The molecule has 90 valence electrons. The van der Waals surface area contributed by atoms with E-state index < -0.39 is 0 Å². The first kappa shape index (κ1) is 11.9. The van der Waals surface area contributed by atoms with Gasteiger partial charge in [-0.2, -0.15) is 5.10 Å². The van der Waals surface area contributed by atoms with Crippen molar-refractivity contribution in [2.45, 2.75) is 18.9 Å². The zero-order valence-electron chi connectivity index (χ0n) is 10.4.